The fourth-order valence-corrected chi connectivity index (χ4v) is 6.75. The van der Waals surface area contributed by atoms with Gasteiger partial charge in [0.15, 0.2) is 9.84 Å². The predicted octanol–water partition coefficient (Wildman–Crippen LogP) is -0.273. The number of hydrogen-bond acceptors (Lipinski definition) is 6. The summed E-state index contributed by atoms with van der Waals surface area (Å²) in [4.78, 5) is 52.3. The molecule has 0 aromatic carbocycles. The van der Waals surface area contributed by atoms with E-state index in [0.717, 1.165) is 4.90 Å². The molecule has 0 bridgehead atoms. The molecule has 5 unspecified atom stereocenters. The number of amides is 3. The molecule has 2 N–H and O–H groups in total. The van der Waals surface area contributed by atoms with E-state index < -0.39 is 61.8 Å². The van der Waals surface area contributed by atoms with Gasteiger partial charge in [-0.2, -0.15) is 0 Å². The molecule has 5 atom stereocenters. The lowest BCUT2D eigenvalue weighted by Gasteiger charge is -2.39. The third-order valence-electron chi connectivity index (χ3n) is 6.82. The molecule has 3 amide bonds. The highest BCUT2D eigenvalue weighted by molar-refractivity contribution is 7.93. The highest BCUT2D eigenvalue weighted by Crippen LogP contribution is 2.46. The zero-order chi connectivity index (χ0) is 22.6. The Labute approximate surface area is 175 Å². The number of sulfone groups is 1. The molecule has 0 spiro atoms. The van der Waals surface area contributed by atoms with E-state index in [1.54, 1.807) is 6.92 Å². The highest BCUT2D eigenvalue weighted by atomic mass is 32.2. The molecule has 3 heterocycles. The molecule has 3 fully saturated rings. The number of aliphatic carboxylic acids is 1. The fraction of sp³-hybridized carbons (Fsp3) is 0.789. The minimum Gasteiger partial charge on any atom is -0.480 e. The van der Waals surface area contributed by atoms with Crippen LogP contribution < -0.4 is 5.32 Å². The van der Waals surface area contributed by atoms with Gasteiger partial charge in [-0.05, 0) is 32.6 Å². The lowest BCUT2D eigenvalue weighted by atomic mass is 9.96. The van der Waals surface area contributed by atoms with Crippen LogP contribution in [0.1, 0.15) is 53.4 Å². The Bertz CT molecular complexity index is 885. The van der Waals surface area contributed by atoms with Crippen molar-refractivity contribution in [3.05, 3.63) is 0 Å². The summed E-state index contributed by atoms with van der Waals surface area (Å²) in [6, 6.07) is -3.16. The monoisotopic (exact) mass is 443 g/mol. The van der Waals surface area contributed by atoms with Crippen molar-refractivity contribution in [3.63, 3.8) is 0 Å². The molecule has 0 aliphatic carbocycles. The van der Waals surface area contributed by atoms with Crippen molar-refractivity contribution in [2.45, 2.75) is 81.6 Å². The molecule has 168 valence electrons. The first kappa shape index (κ1) is 22.5. The van der Waals surface area contributed by atoms with E-state index in [2.05, 4.69) is 5.32 Å². The Morgan fingerprint density at radius 1 is 1.30 bits per heavy atom. The zero-order valence-corrected chi connectivity index (χ0v) is 18.4. The summed E-state index contributed by atoms with van der Waals surface area (Å²) >= 11 is 0. The van der Waals surface area contributed by atoms with Gasteiger partial charge in [0, 0.05) is 6.54 Å². The summed E-state index contributed by atoms with van der Waals surface area (Å²) in [6.07, 6.45) is 1.30. The average Bonchev–Trinajstić information content (AvgIpc) is 3.19. The summed E-state index contributed by atoms with van der Waals surface area (Å²) in [7, 11) is -3.73. The van der Waals surface area contributed by atoms with Crippen LogP contribution in [0.3, 0.4) is 0 Å². The van der Waals surface area contributed by atoms with Gasteiger partial charge in [0.05, 0.1) is 11.2 Å². The second kappa shape index (κ2) is 7.51. The molecule has 3 aliphatic heterocycles. The number of carboxylic acids is 1. The lowest BCUT2D eigenvalue weighted by Crippen LogP contribution is -2.62. The van der Waals surface area contributed by atoms with Gasteiger partial charge in [-0.15, -0.1) is 0 Å². The number of carboxylic acid groups (broad SMARTS) is 1. The van der Waals surface area contributed by atoms with Crippen molar-refractivity contribution < 1.29 is 32.7 Å². The largest absolute Gasteiger partial charge is 0.480 e. The van der Waals surface area contributed by atoms with Crippen LogP contribution in [-0.2, 0) is 29.0 Å². The maximum Gasteiger partial charge on any atom is 0.326 e. The lowest BCUT2D eigenvalue weighted by molar-refractivity contribution is -0.155. The number of carbonyl (C=O) groups is 4. The first-order valence-corrected chi connectivity index (χ1v) is 11.8. The Morgan fingerprint density at radius 2 is 1.93 bits per heavy atom. The molecular weight excluding hydrogens is 414 g/mol. The number of hydrogen-bond donors (Lipinski definition) is 2. The zero-order valence-electron chi connectivity index (χ0n) is 17.6. The van der Waals surface area contributed by atoms with E-state index in [-0.39, 0.29) is 18.9 Å². The van der Waals surface area contributed by atoms with Crippen molar-refractivity contribution in [2.24, 2.45) is 5.92 Å². The van der Waals surface area contributed by atoms with Crippen molar-refractivity contribution in [1.29, 1.82) is 0 Å². The first-order valence-electron chi connectivity index (χ1n) is 10.2. The average molecular weight is 444 g/mol. The van der Waals surface area contributed by atoms with Gasteiger partial charge in [0.25, 0.3) is 0 Å². The van der Waals surface area contributed by atoms with Gasteiger partial charge in [0.2, 0.25) is 17.7 Å². The summed E-state index contributed by atoms with van der Waals surface area (Å²) in [6.45, 7) is 6.66. The van der Waals surface area contributed by atoms with E-state index in [0.29, 0.717) is 19.3 Å². The molecule has 0 radical (unpaired) electrons. The SMILES string of the molecule is CCC(C)C(NC(=O)C1CCCN1C(=O)C1N2C(=O)CC2S(=O)(=O)C1(C)C)C(=O)O. The minimum absolute atomic E-state index is 0.130. The van der Waals surface area contributed by atoms with Crippen LogP contribution in [-0.4, -0.2) is 81.8 Å². The van der Waals surface area contributed by atoms with Gasteiger partial charge in [-0.3, -0.25) is 14.4 Å². The van der Waals surface area contributed by atoms with Crippen molar-refractivity contribution in [1.82, 2.24) is 15.1 Å². The molecule has 3 saturated heterocycles. The maximum absolute atomic E-state index is 13.4. The van der Waals surface area contributed by atoms with Crippen molar-refractivity contribution >= 4 is 33.5 Å². The number of carbonyl (C=O) groups excluding carboxylic acids is 3. The summed E-state index contributed by atoms with van der Waals surface area (Å²) < 4.78 is 24.1. The summed E-state index contributed by atoms with van der Waals surface area (Å²) in [5, 5.41) is 11.0. The van der Waals surface area contributed by atoms with Crippen LogP contribution in [0, 0.1) is 5.92 Å². The number of nitrogens with zero attached hydrogens (tertiary/aromatic N) is 2. The smallest absolute Gasteiger partial charge is 0.326 e. The van der Waals surface area contributed by atoms with Crippen LogP contribution in [0.2, 0.25) is 0 Å². The second-order valence-electron chi connectivity index (χ2n) is 8.91. The van der Waals surface area contributed by atoms with Gasteiger partial charge >= 0.3 is 5.97 Å². The number of fused-ring (bicyclic) bond motifs is 1. The summed E-state index contributed by atoms with van der Waals surface area (Å²) in [5.41, 5.74) is 0. The van der Waals surface area contributed by atoms with Gasteiger partial charge in [-0.1, -0.05) is 20.3 Å². The van der Waals surface area contributed by atoms with Crippen LogP contribution in [0.15, 0.2) is 0 Å². The Balaban J connectivity index is 1.83. The molecule has 3 aliphatic rings. The molecule has 0 aromatic heterocycles. The van der Waals surface area contributed by atoms with Crippen LogP contribution >= 0.6 is 0 Å². The van der Waals surface area contributed by atoms with Crippen LogP contribution in [0.5, 0.6) is 0 Å². The minimum atomic E-state index is -3.73. The number of nitrogens with one attached hydrogen (secondary N) is 1. The quantitative estimate of drug-likeness (QED) is 0.538. The Hall–Kier alpha value is -2.17. The fourth-order valence-electron chi connectivity index (χ4n) is 4.62. The number of β-lactam (4-membered cyclic amide) rings is 1. The van der Waals surface area contributed by atoms with E-state index in [1.165, 1.54) is 18.7 Å². The van der Waals surface area contributed by atoms with Gasteiger partial charge in [0.1, 0.15) is 23.5 Å². The van der Waals surface area contributed by atoms with Crippen molar-refractivity contribution in [3.8, 4) is 0 Å². The van der Waals surface area contributed by atoms with Crippen molar-refractivity contribution in [2.75, 3.05) is 6.54 Å². The standard InChI is InChI=1S/C19H29N3O7S/c1-5-10(2)14(18(26)27)20-16(24)11-7-6-8-21(11)17(25)15-19(3,4)30(28,29)13-9-12(23)22(13)15/h10-11,13-15H,5-9H2,1-4H3,(H,20,24)(H,26,27). The third kappa shape index (κ3) is 3.17. The summed E-state index contributed by atoms with van der Waals surface area (Å²) in [5.74, 6) is -2.98. The highest BCUT2D eigenvalue weighted by Gasteiger charge is 2.68. The maximum atomic E-state index is 13.4. The molecule has 0 aromatic rings. The Kier molecular flexibility index (Phi) is 5.63. The second-order valence-corrected chi connectivity index (χ2v) is 11.6. The van der Waals surface area contributed by atoms with E-state index in [1.807, 2.05) is 6.92 Å². The molecular formula is C19H29N3O7S. The predicted molar refractivity (Wildman–Crippen MR) is 106 cm³/mol. The topological polar surface area (TPSA) is 141 Å². The molecule has 10 nitrogen and oxygen atoms in total. The van der Waals surface area contributed by atoms with Crippen LogP contribution in [0.4, 0.5) is 0 Å². The van der Waals surface area contributed by atoms with Crippen LogP contribution in [0.25, 0.3) is 0 Å². The third-order valence-corrected chi connectivity index (χ3v) is 9.62. The molecule has 11 heteroatoms. The normalized spacial score (nSPS) is 30.9. The van der Waals surface area contributed by atoms with Gasteiger partial charge < -0.3 is 20.2 Å². The number of likely N-dealkylation sites (tertiary alicyclic amines) is 1. The molecule has 30 heavy (non-hydrogen) atoms. The molecule has 0 saturated carbocycles. The Morgan fingerprint density at radius 3 is 2.47 bits per heavy atom. The molecule has 3 rings (SSSR count). The first-order chi connectivity index (χ1) is 13.9. The van der Waals surface area contributed by atoms with E-state index in [4.69, 9.17) is 0 Å². The number of rotatable bonds is 6. The van der Waals surface area contributed by atoms with E-state index >= 15 is 0 Å². The van der Waals surface area contributed by atoms with Gasteiger partial charge in [-0.25, -0.2) is 13.2 Å². The van der Waals surface area contributed by atoms with E-state index in [9.17, 15) is 32.7 Å².